The SMILES string of the molecule is COc1cc(C)c(Cl)cc1CCNC(C)(C)C#N. The Morgan fingerprint density at radius 2 is 2.11 bits per heavy atom. The molecular formula is C14H19ClN2O. The molecule has 0 spiro atoms. The zero-order valence-corrected chi connectivity index (χ0v) is 12.1. The van der Waals surface area contributed by atoms with E-state index in [-0.39, 0.29) is 0 Å². The molecule has 0 heterocycles. The Morgan fingerprint density at radius 3 is 2.67 bits per heavy atom. The highest BCUT2D eigenvalue weighted by molar-refractivity contribution is 6.31. The van der Waals surface area contributed by atoms with E-state index >= 15 is 0 Å². The summed E-state index contributed by atoms with van der Waals surface area (Å²) in [5, 5.41) is 12.8. The van der Waals surface area contributed by atoms with E-state index in [0.717, 1.165) is 28.3 Å². The first-order chi connectivity index (χ1) is 8.39. The molecule has 0 saturated carbocycles. The molecule has 0 amide bonds. The number of nitriles is 1. The van der Waals surface area contributed by atoms with Crippen LogP contribution in [0.3, 0.4) is 0 Å². The van der Waals surface area contributed by atoms with Crippen LogP contribution in [-0.4, -0.2) is 19.2 Å². The van der Waals surface area contributed by atoms with Gasteiger partial charge in [0.15, 0.2) is 0 Å². The van der Waals surface area contributed by atoms with Gasteiger partial charge in [-0.2, -0.15) is 5.26 Å². The van der Waals surface area contributed by atoms with Crippen molar-refractivity contribution in [3.63, 3.8) is 0 Å². The number of aryl methyl sites for hydroxylation is 1. The second kappa shape index (κ2) is 6.08. The van der Waals surface area contributed by atoms with Crippen molar-refractivity contribution in [3.8, 4) is 11.8 Å². The number of nitrogens with one attached hydrogen (secondary N) is 1. The van der Waals surface area contributed by atoms with Gasteiger partial charge in [-0.15, -0.1) is 0 Å². The van der Waals surface area contributed by atoms with E-state index in [9.17, 15) is 0 Å². The fourth-order valence-corrected chi connectivity index (χ4v) is 1.82. The van der Waals surface area contributed by atoms with E-state index < -0.39 is 5.54 Å². The smallest absolute Gasteiger partial charge is 0.122 e. The molecule has 1 N–H and O–H groups in total. The summed E-state index contributed by atoms with van der Waals surface area (Å²) < 4.78 is 5.34. The molecule has 0 saturated heterocycles. The lowest BCUT2D eigenvalue weighted by atomic mass is 10.1. The van der Waals surface area contributed by atoms with Gasteiger partial charge in [0.05, 0.1) is 13.2 Å². The predicted molar refractivity (Wildman–Crippen MR) is 74.1 cm³/mol. The van der Waals surface area contributed by atoms with Crippen molar-refractivity contribution >= 4 is 11.6 Å². The van der Waals surface area contributed by atoms with E-state index in [2.05, 4.69) is 11.4 Å². The van der Waals surface area contributed by atoms with E-state index in [4.69, 9.17) is 21.6 Å². The maximum absolute atomic E-state index is 8.91. The molecule has 0 aromatic heterocycles. The van der Waals surface area contributed by atoms with Crippen molar-refractivity contribution in [2.24, 2.45) is 0 Å². The Balaban J connectivity index is 2.74. The summed E-state index contributed by atoms with van der Waals surface area (Å²) in [6.07, 6.45) is 0.772. The maximum atomic E-state index is 8.91. The van der Waals surface area contributed by atoms with Gasteiger partial charge in [-0.05, 0) is 50.5 Å². The van der Waals surface area contributed by atoms with Crippen LogP contribution in [0.25, 0.3) is 0 Å². The number of hydrogen-bond donors (Lipinski definition) is 1. The highest BCUT2D eigenvalue weighted by atomic mass is 35.5. The van der Waals surface area contributed by atoms with Crippen molar-refractivity contribution in [1.82, 2.24) is 5.32 Å². The van der Waals surface area contributed by atoms with Crippen LogP contribution in [0.15, 0.2) is 12.1 Å². The molecule has 0 aliphatic heterocycles. The zero-order valence-electron chi connectivity index (χ0n) is 11.3. The summed E-state index contributed by atoms with van der Waals surface area (Å²) in [6.45, 7) is 6.36. The van der Waals surface area contributed by atoms with Gasteiger partial charge in [0.1, 0.15) is 11.3 Å². The Morgan fingerprint density at radius 1 is 1.44 bits per heavy atom. The average molecular weight is 267 g/mol. The fourth-order valence-electron chi connectivity index (χ4n) is 1.63. The zero-order chi connectivity index (χ0) is 13.8. The first kappa shape index (κ1) is 14.8. The van der Waals surface area contributed by atoms with Crippen molar-refractivity contribution < 1.29 is 4.74 Å². The molecule has 0 bridgehead atoms. The Bertz CT molecular complexity index is 464. The molecule has 4 heteroatoms. The highest BCUT2D eigenvalue weighted by Crippen LogP contribution is 2.26. The number of rotatable bonds is 5. The number of hydrogen-bond acceptors (Lipinski definition) is 3. The Hall–Kier alpha value is -1.24. The quantitative estimate of drug-likeness (QED) is 0.891. The first-order valence-corrected chi connectivity index (χ1v) is 6.26. The Labute approximate surface area is 114 Å². The summed E-state index contributed by atoms with van der Waals surface area (Å²) in [5.41, 5.74) is 1.54. The van der Waals surface area contributed by atoms with Crippen LogP contribution >= 0.6 is 11.6 Å². The molecule has 98 valence electrons. The molecule has 0 unspecified atom stereocenters. The van der Waals surface area contributed by atoms with Gasteiger partial charge in [-0.25, -0.2) is 0 Å². The normalized spacial score (nSPS) is 11.1. The number of ether oxygens (including phenoxy) is 1. The van der Waals surface area contributed by atoms with Crippen LogP contribution < -0.4 is 10.1 Å². The number of methoxy groups -OCH3 is 1. The van der Waals surface area contributed by atoms with E-state index in [1.807, 2.05) is 32.9 Å². The lowest BCUT2D eigenvalue weighted by Gasteiger charge is -2.18. The molecule has 3 nitrogen and oxygen atoms in total. The minimum absolute atomic E-state index is 0.512. The third kappa shape index (κ3) is 3.90. The van der Waals surface area contributed by atoms with Gasteiger partial charge in [-0.3, -0.25) is 5.32 Å². The summed E-state index contributed by atoms with van der Waals surface area (Å²) in [4.78, 5) is 0. The largest absolute Gasteiger partial charge is 0.496 e. The second-order valence-corrected chi connectivity index (χ2v) is 5.23. The standard InChI is InChI=1S/C14H19ClN2O/c1-10-7-13(18-4)11(8-12(10)15)5-6-17-14(2,3)9-16/h7-8,17H,5-6H2,1-4H3. The van der Waals surface area contributed by atoms with Crippen LogP contribution in [0.4, 0.5) is 0 Å². The van der Waals surface area contributed by atoms with Gasteiger partial charge < -0.3 is 4.74 Å². The molecule has 1 rings (SSSR count). The van der Waals surface area contributed by atoms with Crippen LogP contribution in [0.5, 0.6) is 5.75 Å². The third-order valence-corrected chi connectivity index (χ3v) is 3.21. The average Bonchev–Trinajstić information content (AvgIpc) is 2.33. The second-order valence-electron chi connectivity index (χ2n) is 4.83. The molecule has 1 aromatic carbocycles. The summed E-state index contributed by atoms with van der Waals surface area (Å²) >= 11 is 6.11. The monoisotopic (exact) mass is 266 g/mol. The van der Waals surface area contributed by atoms with Crippen molar-refractivity contribution in [2.45, 2.75) is 32.7 Å². The molecular weight excluding hydrogens is 248 g/mol. The number of nitrogens with zero attached hydrogens (tertiary/aromatic N) is 1. The minimum Gasteiger partial charge on any atom is -0.496 e. The molecule has 0 radical (unpaired) electrons. The molecule has 18 heavy (non-hydrogen) atoms. The first-order valence-electron chi connectivity index (χ1n) is 5.89. The fraction of sp³-hybridized carbons (Fsp3) is 0.500. The van der Waals surface area contributed by atoms with E-state index in [0.29, 0.717) is 6.54 Å². The minimum atomic E-state index is -0.512. The van der Waals surface area contributed by atoms with Crippen LogP contribution in [-0.2, 0) is 6.42 Å². The third-order valence-electron chi connectivity index (χ3n) is 2.80. The van der Waals surface area contributed by atoms with E-state index in [1.165, 1.54) is 0 Å². The van der Waals surface area contributed by atoms with Crippen LogP contribution in [0.2, 0.25) is 5.02 Å². The summed E-state index contributed by atoms with van der Waals surface area (Å²) in [5.74, 6) is 0.841. The van der Waals surface area contributed by atoms with E-state index in [1.54, 1.807) is 7.11 Å². The van der Waals surface area contributed by atoms with Crippen LogP contribution in [0.1, 0.15) is 25.0 Å². The van der Waals surface area contributed by atoms with Gasteiger partial charge in [0.25, 0.3) is 0 Å². The summed E-state index contributed by atoms with van der Waals surface area (Å²) in [6, 6.07) is 6.07. The Kier molecular flexibility index (Phi) is 5.01. The van der Waals surface area contributed by atoms with Gasteiger partial charge in [0, 0.05) is 11.6 Å². The maximum Gasteiger partial charge on any atom is 0.122 e. The number of halogens is 1. The lowest BCUT2D eigenvalue weighted by molar-refractivity contribution is 0.407. The van der Waals surface area contributed by atoms with Crippen LogP contribution in [0, 0.1) is 18.3 Å². The molecule has 0 atom stereocenters. The molecule has 0 fully saturated rings. The van der Waals surface area contributed by atoms with Crippen molar-refractivity contribution in [1.29, 1.82) is 5.26 Å². The van der Waals surface area contributed by atoms with Gasteiger partial charge in [-0.1, -0.05) is 11.6 Å². The number of benzene rings is 1. The molecule has 1 aromatic rings. The summed E-state index contributed by atoms with van der Waals surface area (Å²) in [7, 11) is 1.65. The molecule has 0 aliphatic rings. The molecule has 0 aliphatic carbocycles. The topological polar surface area (TPSA) is 45.0 Å². The van der Waals surface area contributed by atoms with Crippen molar-refractivity contribution in [3.05, 3.63) is 28.3 Å². The van der Waals surface area contributed by atoms with Crippen molar-refractivity contribution in [2.75, 3.05) is 13.7 Å². The van der Waals surface area contributed by atoms with Gasteiger partial charge >= 0.3 is 0 Å². The van der Waals surface area contributed by atoms with Gasteiger partial charge in [0.2, 0.25) is 0 Å². The highest BCUT2D eigenvalue weighted by Gasteiger charge is 2.15. The predicted octanol–water partition coefficient (Wildman–Crippen LogP) is 3.09. The lowest BCUT2D eigenvalue weighted by Crippen LogP contribution is -2.38.